The van der Waals surface area contributed by atoms with E-state index in [1.54, 1.807) is 0 Å². The van der Waals surface area contributed by atoms with E-state index in [0.29, 0.717) is 5.56 Å². The highest BCUT2D eigenvalue weighted by molar-refractivity contribution is 5.94. The monoisotopic (exact) mass is 359 g/mol. The van der Waals surface area contributed by atoms with Crippen molar-refractivity contribution in [1.29, 1.82) is 0 Å². The van der Waals surface area contributed by atoms with Crippen LogP contribution < -0.4 is 5.32 Å². The average Bonchev–Trinajstić information content (AvgIpc) is 2.99. The van der Waals surface area contributed by atoms with Gasteiger partial charge in [0.05, 0.1) is 18.3 Å². The van der Waals surface area contributed by atoms with Crippen molar-refractivity contribution in [3.63, 3.8) is 0 Å². The molecule has 138 valence electrons. The Morgan fingerprint density at radius 1 is 1.15 bits per heavy atom. The third-order valence-corrected chi connectivity index (χ3v) is 5.33. The average molecular weight is 359 g/mol. The maximum atomic E-state index is 12.7. The molecule has 1 aromatic heterocycles. The molecule has 0 bridgehead atoms. The predicted octanol–water partition coefficient (Wildman–Crippen LogP) is 4.36. The Bertz CT molecular complexity index is 956. The SMILES string of the molecule is Cc1cc(C)n(Cc2ccc(C(=O)N[C@H]3CCCc4ccccc43)cc2)n1. The van der Waals surface area contributed by atoms with E-state index in [9.17, 15) is 4.79 Å². The minimum atomic E-state index is -0.00522. The number of hydrogen-bond acceptors (Lipinski definition) is 2. The third kappa shape index (κ3) is 3.80. The number of aryl methyl sites for hydroxylation is 3. The Labute approximate surface area is 160 Å². The fraction of sp³-hybridized carbons (Fsp3) is 0.304. The number of carbonyl (C=O) groups excluding carboxylic acids is 1. The van der Waals surface area contributed by atoms with Crippen LogP contribution in [0.25, 0.3) is 0 Å². The van der Waals surface area contributed by atoms with Crippen molar-refractivity contribution in [2.45, 2.75) is 45.7 Å². The van der Waals surface area contributed by atoms with Crippen LogP contribution in [0.3, 0.4) is 0 Å². The quantitative estimate of drug-likeness (QED) is 0.752. The van der Waals surface area contributed by atoms with E-state index in [2.05, 4.69) is 47.7 Å². The first-order chi connectivity index (χ1) is 13.1. The summed E-state index contributed by atoms with van der Waals surface area (Å²) in [6.45, 7) is 4.78. The van der Waals surface area contributed by atoms with Gasteiger partial charge in [0.2, 0.25) is 0 Å². The molecule has 1 aliphatic carbocycles. The van der Waals surface area contributed by atoms with Gasteiger partial charge in [-0.05, 0) is 68.0 Å². The van der Waals surface area contributed by atoms with Crippen LogP contribution in [0.5, 0.6) is 0 Å². The fourth-order valence-electron chi connectivity index (χ4n) is 3.91. The largest absolute Gasteiger partial charge is 0.345 e. The van der Waals surface area contributed by atoms with E-state index in [1.807, 2.05) is 35.9 Å². The van der Waals surface area contributed by atoms with Gasteiger partial charge in [0.1, 0.15) is 0 Å². The second-order valence-corrected chi connectivity index (χ2v) is 7.40. The van der Waals surface area contributed by atoms with E-state index < -0.39 is 0 Å². The number of nitrogens with one attached hydrogen (secondary N) is 1. The van der Waals surface area contributed by atoms with Gasteiger partial charge in [-0.3, -0.25) is 9.48 Å². The van der Waals surface area contributed by atoms with Crippen LogP contribution in [0.4, 0.5) is 0 Å². The molecule has 1 amide bonds. The Kier molecular flexibility index (Phi) is 4.80. The minimum absolute atomic E-state index is 0.00522. The van der Waals surface area contributed by atoms with Crippen molar-refractivity contribution in [2.75, 3.05) is 0 Å². The summed E-state index contributed by atoms with van der Waals surface area (Å²) in [5.74, 6) is -0.00522. The van der Waals surface area contributed by atoms with E-state index in [4.69, 9.17) is 0 Å². The highest BCUT2D eigenvalue weighted by Gasteiger charge is 2.21. The van der Waals surface area contributed by atoms with Gasteiger partial charge in [-0.2, -0.15) is 5.10 Å². The first-order valence-electron chi connectivity index (χ1n) is 9.59. The van der Waals surface area contributed by atoms with Gasteiger partial charge in [-0.1, -0.05) is 36.4 Å². The number of fused-ring (bicyclic) bond motifs is 1. The molecule has 0 radical (unpaired) electrons. The normalized spacial score (nSPS) is 16.0. The molecule has 4 heteroatoms. The summed E-state index contributed by atoms with van der Waals surface area (Å²) in [5.41, 5.74) is 6.63. The number of rotatable bonds is 4. The lowest BCUT2D eigenvalue weighted by atomic mass is 9.87. The molecule has 1 aliphatic rings. The smallest absolute Gasteiger partial charge is 0.251 e. The topological polar surface area (TPSA) is 46.9 Å². The van der Waals surface area contributed by atoms with Gasteiger partial charge in [0.25, 0.3) is 5.91 Å². The van der Waals surface area contributed by atoms with Crippen LogP contribution in [0, 0.1) is 13.8 Å². The molecule has 1 N–H and O–H groups in total. The first kappa shape index (κ1) is 17.5. The van der Waals surface area contributed by atoms with Crippen LogP contribution in [0.1, 0.15) is 57.3 Å². The molecule has 0 unspecified atom stereocenters. The molecule has 3 aromatic rings. The summed E-state index contributed by atoms with van der Waals surface area (Å²) in [6.07, 6.45) is 3.21. The lowest BCUT2D eigenvalue weighted by Gasteiger charge is -2.26. The number of aromatic nitrogens is 2. The van der Waals surface area contributed by atoms with E-state index in [1.165, 1.54) is 11.1 Å². The molecule has 27 heavy (non-hydrogen) atoms. The molecule has 0 fully saturated rings. The molecule has 1 atom stereocenters. The maximum Gasteiger partial charge on any atom is 0.251 e. The van der Waals surface area contributed by atoms with Gasteiger partial charge in [-0.15, -0.1) is 0 Å². The Morgan fingerprint density at radius 3 is 2.67 bits per heavy atom. The second-order valence-electron chi connectivity index (χ2n) is 7.40. The summed E-state index contributed by atoms with van der Waals surface area (Å²) >= 11 is 0. The lowest BCUT2D eigenvalue weighted by molar-refractivity contribution is 0.0932. The molecule has 0 saturated heterocycles. The molecule has 1 heterocycles. The predicted molar refractivity (Wildman–Crippen MR) is 107 cm³/mol. The standard InChI is InChI=1S/C23H25N3O/c1-16-14-17(2)26(25-16)15-18-10-12-20(13-11-18)23(27)24-22-9-5-7-19-6-3-4-8-21(19)22/h3-4,6,8,10-14,22H,5,7,9,15H2,1-2H3,(H,24,27)/t22-/m0/s1. The van der Waals surface area contributed by atoms with Crippen molar-refractivity contribution in [3.05, 3.63) is 88.2 Å². The molecular formula is C23H25N3O. The number of nitrogens with zero attached hydrogens (tertiary/aromatic N) is 2. The number of carbonyl (C=O) groups is 1. The summed E-state index contributed by atoms with van der Waals surface area (Å²) in [5, 5.41) is 7.72. The minimum Gasteiger partial charge on any atom is -0.345 e. The lowest BCUT2D eigenvalue weighted by Crippen LogP contribution is -2.30. The maximum absolute atomic E-state index is 12.7. The van der Waals surface area contributed by atoms with E-state index >= 15 is 0 Å². The number of hydrogen-bond donors (Lipinski definition) is 1. The zero-order valence-corrected chi connectivity index (χ0v) is 15.9. The Hall–Kier alpha value is -2.88. The molecule has 0 aliphatic heterocycles. The summed E-state index contributed by atoms with van der Waals surface area (Å²) in [4.78, 5) is 12.7. The van der Waals surface area contributed by atoms with Crippen molar-refractivity contribution in [3.8, 4) is 0 Å². The summed E-state index contributed by atoms with van der Waals surface area (Å²) < 4.78 is 1.99. The van der Waals surface area contributed by atoms with Crippen molar-refractivity contribution in [1.82, 2.24) is 15.1 Å². The van der Waals surface area contributed by atoms with Crippen LogP contribution in [-0.4, -0.2) is 15.7 Å². The Morgan fingerprint density at radius 2 is 1.93 bits per heavy atom. The van der Waals surface area contributed by atoms with Crippen LogP contribution in [0.15, 0.2) is 54.6 Å². The van der Waals surface area contributed by atoms with Crippen LogP contribution in [-0.2, 0) is 13.0 Å². The summed E-state index contributed by atoms with van der Waals surface area (Å²) in [6, 6.07) is 18.5. The molecule has 0 saturated carbocycles. The third-order valence-electron chi connectivity index (χ3n) is 5.33. The molecule has 4 nitrogen and oxygen atoms in total. The summed E-state index contributed by atoms with van der Waals surface area (Å²) in [7, 11) is 0. The zero-order valence-electron chi connectivity index (χ0n) is 15.9. The van der Waals surface area contributed by atoms with Crippen LogP contribution >= 0.6 is 0 Å². The van der Waals surface area contributed by atoms with Crippen molar-refractivity contribution < 1.29 is 4.79 Å². The fourth-order valence-corrected chi connectivity index (χ4v) is 3.91. The molecule has 0 spiro atoms. The molecular weight excluding hydrogens is 334 g/mol. The zero-order chi connectivity index (χ0) is 18.8. The van der Waals surface area contributed by atoms with E-state index in [-0.39, 0.29) is 11.9 Å². The van der Waals surface area contributed by atoms with Gasteiger partial charge in [0.15, 0.2) is 0 Å². The van der Waals surface area contributed by atoms with E-state index in [0.717, 1.165) is 42.8 Å². The van der Waals surface area contributed by atoms with Gasteiger partial charge in [0, 0.05) is 11.3 Å². The Balaban J connectivity index is 1.45. The van der Waals surface area contributed by atoms with Crippen molar-refractivity contribution in [2.24, 2.45) is 0 Å². The first-order valence-corrected chi connectivity index (χ1v) is 9.59. The highest BCUT2D eigenvalue weighted by atomic mass is 16.1. The highest BCUT2D eigenvalue weighted by Crippen LogP contribution is 2.29. The molecule has 4 rings (SSSR count). The number of amides is 1. The van der Waals surface area contributed by atoms with Gasteiger partial charge in [-0.25, -0.2) is 0 Å². The van der Waals surface area contributed by atoms with Gasteiger partial charge >= 0.3 is 0 Å². The van der Waals surface area contributed by atoms with Gasteiger partial charge < -0.3 is 5.32 Å². The second kappa shape index (κ2) is 7.39. The molecule has 2 aromatic carbocycles. The van der Waals surface area contributed by atoms with Crippen LogP contribution in [0.2, 0.25) is 0 Å². The van der Waals surface area contributed by atoms with Crippen molar-refractivity contribution >= 4 is 5.91 Å². The number of benzene rings is 2.